The predicted molar refractivity (Wildman–Crippen MR) is 102 cm³/mol. The van der Waals surface area contributed by atoms with Gasteiger partial charge in [-0.25, -0.2) is 4.39 Å². The molecule has 0 saturated heterocycles. The minimum absolute atomic E-state index is 0.152. The Morgan fingerprint density at radius 1 is 1.19 bits per heavy atom. The summed E-state index contributed by atoms with van der Waals surface area (Å²) in [4.78, 5) is 12.0. The van der Waals surface area contributed by atoms with E-state index in [0.29, 0.717) is 13.1 Å². The van der Waals surface area contributed by atoms with Crippen molar-refractivity contribution in [3.63, 3.8) is 0 Å². The van der Waals surface area contributed by atoms with Gasteiger partial charge in [0.25, 0.3) is 0 Å². The van der Waals surface area contributed by atoms with Gasteiger partial charge >= 0.3 is 0 Å². The zero-order valence-electron chi connectivity index (χ0n) is 14.8. The highest BCUT2D eigenvalue weighted by molar-refractivity contribution is 5.91. The molecular formula is C21H21FN2O2. The maximum Gasteiger partial charge on any atom is 0.244 e. The molecular weight excluding hydrogens is 331 g/mol. The van der Waals surface area contributed by atoms with Gasteiger partial charge in [0.1, 0.15) is 11.6 Å². The van der Waals surface area contributed by atoms with Crippen LogP contribution in [0.4, 0.5) is 4.39 Å². The number of aromatic nitrogens is 1. The summed E-state index contributed by atoms with van der Waals surface area (Å²) in [7, 11) is 1.62. The van der Waals surface area contributed by atoms with Crippen molar-refractivity contribution in [2.75, 3.05) is 13.7 Å². The summed E-state index contributed by atoms with van der Waals surface area (Å²) < 4.78 is 20.5. The third-order valence-electron chi connectivity index (χ3n) is 4.25. The van der Waals surface area contributed by atoms with E-state index in [1.807, 2.05) is 37.3 Å². The van der Waals surface area contributed by atoms with E-state index in [1.54, 1.807) is 19.3 Å². The average molecular weight is 352 g/mol. The molecule has 26 heavy (non-hydrogen) atoms. The van der Waals surface area contributed by atoms with Crippen LogP contribution in [0.3, 0.4) is 0 Å². The van der Waals surface area contributed by atoms with Crippen molar-refractivity contribution < 1.29 is 13.9 Å². The number of nitrogens with one attached hydrogen (secondary N) is 1. The monoisotopic (exact) mass is 352 g/mol. The first-order chi connectivity index (χ1) is 12.6. The standard InChI is InChI=1S/C21H21FN2O2/c1-15-13-17-14-18(22)6-9-20(17)24(15)12-11-23-21(25)10-5-16-3-7-19(26-2)8-4-16/h3-10,13-14H,11-12H2,1-2H3,(H,23,25)/b10-5-. The molecule has 1 aromatic heterocycles. The number of amides is 1. The third-order valence-corrected chi connectivity index (χ3v) is 4.25. The van der Waals surface area contributed by atoms with Gasteiger partial charge in [-0.3, -0.25) is 4.79 Å². The maximum absolute atomic E-state index is 13.3. The first kappa shape index (κ1) is 17.7. The molecule has 0 aliphatic rings. The molecule has 1 amide bonds. The summed E-state index contributed by atoms with van der Waals surface area (Å²) in [5.74, 6) is 0.383. The molecule has 0 aliphatic heterocycles. The number of methoxy groups -OCH3 is 1. The fourth-order valence-corrected chi connectivity index (χ4v) is 2.91. The van der Waals surface area contributed by atoms with E-state index in [-0.39, 0.29) is 11.7 Å². The molecule has 0 bridgehead atoms. The Labute approximate surface area is 151 Å². The van der Waals surface area contributed by atoms with Crippen LogP contribution in [0.15, 0.2) is 54.6 Å². The molecule has 5 heteroatoms. The van der Waals surface area contributed by atoms with Crippen molar-refractivity contribution in [2.24, 2.45) is 0 Å². The van der Waals surface area contributed by atoms with E-state index in [9.17, 15) is 9.18 Å². The largest absolute Gasteiger partial charge is 0.497 e. The molecule has 0 radical (unpaired) electrons. The van der Waals surface area contributed by atoms with E-state index in [2.05, 4.69) is 9.88 Å². The molecule has 0 spiro atoms. The quantitative estimate of drug-likeness (QED) is 0.683. The summed E-state index contributed by atoms with van der Waals surface area (Å²) in [6.07, 6.45) is 3.27. The number of halogens is 1. The van der Waals surface area contributed by atoms with Crippen molar-refractivity contribution in [1.82, 2.24) is 9.88 Å². The number of fused-ring (bicyclic) bond motifs is 1. The van der Waals surface area contributed by atoms with E-state index < -0.39 is 0 Å². The maximum atomic E-state index is 13.3. The first-order valence-corrected chi connectivity index (χ1v) is 8.42. The molecule has 0 atom stereocenters. The first-order valence-electron chi connectivity index (χ1n) is 8.42. The average Bonchev–Trinajstić information content (AvgIpc) is 2.95. The van der Waals surface area contributed by atoms with Gasteiger partial charge < -0.3 is 14.6 Å². The molecule has 1 N–H and O–H groups in total. The lowest BCUT2D eigenvalue weighted by atomic mass is 10.2. The van der Waals surface area contributed by atoms with Gasteiger partial charge in [-0.2, -0.15) is 0 Å². The van der Waals surface area contributed by atoms with Gasteiger partial charge in [-0.05, 0) is 55.0 Å². The number of rotatable bonds is 6. The molecule has 4 nitrogen and oxygen atoms in total. The number of ether oxygens (including phenoxy) is 1. The molecule has 2 aromatic carbocycles. The van der Waals surface area contributed by atoms with Crippen LogP contribution in [-0.2, 0) is 11.3 Å². The van der Waals surface area contributed by atoms with E-state index in [1.165, 1.54) is 18.2 Å². The summed E-state index contributed by atoms with van der Waals surface area (Å²) in [6, 6.07) is 14.2. The summed E-state index contributed by atoms with van der Waals surface area (Å²) in [5, 5.41) is 3.74. The van der Waals surface area contributed by atoms with Crippen molar-refractivity contribution in [1.29, 1.82) is 0 Å². The lowest BCUT2D eigenvalue weighted by Crippen LogP contribution is -2.25. The van der Waals surface area contributed by atoms with E-state index in [4.69, 9.17) is 4.74 Å². The fraction of sp³-hybridized carbons (Fsp3) is 0.190. The number of hydrogen-bond acceptors (Lipinski definition) is 2. The topological polar surface area (TPSA) is 43.3 Å². The Balaban J connectivity index is 1.56. The highest BCUT2D eigenvalue weighted by Gasteiger charge is 2.06. The summed E-state index contributed by atoms with van der Waals surface area (Å²) >= 11 is 0. The highest BCUT2D eigenvalue weighted by Crippen LogP contribution is 2.20. The molecule has 3 aromatic rings. The zero-order valence-corrected chi connectivity index (χ0v) is 14.8. The van der Waals surface area contributed by atoms with Gasteiger partial charge in [0.2, 0.25) is 5.91 Å². The van der Waals surface area contributed by atoms with Crippen LogP contribution in [0.1, 0.15) is 11.3 Å². The Bertz CT molecular complexity index is 943. The van der Waals surface area contributed by atoms with Crippen LogP contribution in [0, 0.1) is 12.7 Å². The molecule has 0 saturated carbocycles. The van der Waals surface area contributed by atoms with Crippen molar-refractivity contribution in [3.8, 4) is 5.75 Å². The molecule has 1 heterocycles. The van der Waals surface area contributed by atoms with Crippen LogP contribution >= 0.6 is 0 Å². The second-order valence-electron chi connectivity index (χ2n) is 6.04. The molecule has 0 unspecified atom stereocenters. The second-order valence-corrected chi connectivity index (χ2v) is 6.04. The Hall–Kier alpha value is -3.08. The number of aryl methyl sites for hydroxylation is 1. The minimum Gasteiger partial charge on any atom is -0.497 e. The lowest BCUT2D eigenvalue weighted by Gasteiger charge is -2.08. The van der Waals surface area contributed by atoms with E-state index >= 15 is 0 Å². The van der Waals surface area contributed by atoms with Crippen LogP contribution in [-0.4, -0.2) is 24.1 Å². The minimum atomic E-state index is -0.244. The van der Waals surface area contributed by atoms with Crippen LogP contribution in [0.5, 0.6) is 5.75 Å². The zero-order chi connectivity index (χ0) is 18.5. The summed E-state index contributed by atoms with van der Waals surface area (Å²) in [6.45, 7) is 3.10. The fourth-order valence-electron chi connectivity index (χ4n) is 2.91. The smallest absolute Gasteiger partial charge is 0.244 e. The van der Waals surface area contributed by atoms with Crippen molar-refractivity contribution in [2.45, 2.75) is 13.5 Å². The van der Waals surface area contributed by atoms with Gasteiger partial charge in [0.05, 0.1) is 7.11 Å². The molecule has 134 valence electrons. The number of carbonyl (C=O) groups is 1. The van der Waals surface area contributed by atoms with Crippen molar-refractivity contribution in [3.05, 3.63) is 71.7 Å². The second kappa shape index (κ2) is 7.87. The SMILES string of the molecule is COc1ccc(/C=C\C(=O)NCCn2c(C)cc3cc(F)ccc32)cc1. The number of carbonyl (C=O) groups excluding carboxylic acids is 1. The van der Waals surface area contributed by atoms with Crippen LogP contribution in [0.2, 0.25) is 0 Å². The highest BCUT2D eigenvalue weighted by atomic mass is 19.1. The van der Waals surface area contributed by atoms with Crippen molar-refractivity contribution >= 4 is 22.9 Å². The normalized spacial score (nSPS) is 11.2. The number of nitrogens with zero attached hydrogens (tertiary/aromatic N) is 1. The molecule has 0 aliphatic carbocycles. The Morgan fingerprint density at radius 2 is 1.96 bits per heavy atom. The Kier molecular flexibility index (Phi) is 5.37. The summed E-state index contributed by atoms with van der Waals surface area (Å²) in [5.41, 5.74) is 2.93. The number of benzene rings is 2. The van der Waals surface area contributed by atoms with Gasteiger partial charge in [0.15, 0.2) is 0 Å². The van der Waals surface area contributed by atoms with Crippen LogP contribution < -0.4 is 10.1 Å². The lowest BCUT2D eigenvalue weighted by molar-refractivity contribution is -0.116. The Morgan fingerprint density at radius 3 is 2.69 bits per heavy atom. The third kappa shape index (κ3) is 4.11. The van der Waals surface area contributed by atoms with Gasteiger partial charge in [0, 0.05) is 35.8 Å². The van der Waals surface area contributed by atoms with Gasteiger partial charge in [-0.1, -0.05) is 12.1 Å². The molecule has 3 rings (SSSR count). The van der Waals surface area contributed by atoms with E-state index in [0.717, 1.165) is 27.9 Å². The predicted octanol–water partition coefficient (Wildman–Crippen LogP) is 3.93. The number of hydrogen-bond donors (Lipinski definition) is 1. The van der Waals surface area contributed by atoms with Crippen LogP contribution in [0.25, 0.3) is 17.0 Å². The molecule has 0 fully saturated rings. The van der Waals surface area contributed by atoms with Gasteiger partial charge in [-0.15, -0.1) is 0 Å².